The summed E-state index contributed by atoms with van der Waals surface area (Å²) < 4.78 is 0. The van der Waals surface area contributed by atoms with Crippen LogP contribution in [-0.2, 0) is 0 Å². The number of aromatic hydroxyl groups is 1. The Morgan fingerprint density at radius 2 is 1.96 bits per heavy atom. The van der Waals surface area contributed by atoms with Crippen molar-refractivity contribution < 1.29 is 9.90 Å². The number of nitrogens with one attached hydrogen (secondary N) is 2. The number of rotatable bonds is 2. The van der Waals surface area contributed by atoms with E-state index in [1.54, 1.807) is 48.6 Å². The summed E-state index contributed by atoms with van der Waals surface area (Å²) in [5, 5.41) is 17.8. The molecule has 3 rings (SSSR count). The minimum absolute atomic E-state index is 0.175. The summed E-state index contributed by atoms with van der Waals surface area (Å²) in [5.41, 5.74) is 1.13. The van der Waals surface area contributed by atoms with E-state index in [4.69, 9.17) is 23.2 Å². The summed E-state index contributed by atoms with van der Waals surface area (Å²) in [6, 6.07) is 10.0. The first-order valence-electron chi connectivity index (χ1n) is 7.24. The summed E-state index contributed by atoms with van der Waals surface area (Å²) in [7, 11) is 0. The normalized spacial score (nSPS) is 14.3. The van der Waals surface area contributed by atoms with Crippen LogP contribution in [0.4, 0.5) is 10.5 Å². The highest BCUT2D eigenvalue weighted by Crippen LogP contribution is 2.27. The highest BCUT2D eigenvalue weighted by Gasteiger charge is 2.11. The van der Waals surface area contributed by atoms with Gasteiger partial charge in [-0.25, -0.2) is 4.79 Å². The largest absolute Gasteiger partial charge is 0.508 e. The fourth-order valence-electron chi connectivity index (χ4n) is 2.41. The van der Waals surface area contributed by atoms with Gasteiger partial charge in [-0.05, 0) is 41.8 Å². The first-order chi connectivity index (χ1) is 11.5. The number of fused-ring (bicyclic) bond motifs is 1. The van der Waals surface area contributed by atoms with Crippen LogP contribution in [-0.4, -0.2) is 11.1 Å². The van der Waals surface area contributed by atoms with E-state index in [0.717, 1.165) is 10.8 Å². The Kier molecular flexibility index (Phi) is 4.79. The summed E-state index contributed by atoms with van der Waals surface area (Å²) in [6.45, 7) is 0. The molecule has 1 aliphatic carbocycles. The molecule has 0 unspecified atom stereocenters. The van der Waals surface area contributed by atoms with E-state index >= 15 is 0 Å². The average Bonchev–Trinajstić information content (AvgIpc) is 2.68. The van der Waals surface area contributed by atoms with Crippen molar-refractivity contribution in [2.75, 3.05) is 5.32 Å². The number of carbonyl (C=O) groups is 1. The van der Waals surface area contributed by atoms with Crippen molar-refractivity contribution in [3.63, 3.8) is 0 Å². The zero-order valence-corrected chi connectivity index (χ0v) is 14.0. The Hall–Kier alpha value is -2.43. The van der Waals surface area contributed by atoms with Gasteiger partial charge in [0.1, 0.15) is 5.75 Å². The van der Waals surface area contributed by atoms with E-state index in [9.17, 15) is 9.90 Å². The van der Waals surface area contributed by atoms with E-state index in [2.05, 4.69) is 10.6 Å². The maximum absolute atomic E-state index is 12.3. The Labute approximate surface area is 149 Å². The molecule has 0 heterocycles. The van der Waals surface area contributed by atoms with Crippen LogP contribution in [0.25, 0.3) is 10.8 Å². The van der Waals surface area contributed by atoms with Crippen LogP contribution >= 0.6 is 23.2 Å². The fraction of sp³-hybridized carbons (Fsp3) is 0.0556. The molecule has 3 N–H and O–H groups in total. The summed E-state index contributed by atoms with van der Waals surface area (Å²) in [5.74, 6) is 0.175. The van der Waals surface area contributed by atoms with Gasteiger partial charge in [0.25, 0.3) is 0 Å². The number of hydrogen-bond donors (Lipinski definition) is 3. The number of benzene rings is 2. The van der Waals surface area contributed by atoms with Gasteiger partial charge in [0, 0.05) is 21.9 Å². The lowest BCUT2D eigenvalue weighted by atomic mass is 10.1. The molecule has 0 fully saturated rings. The minimum atomic E-state index is -0.411. The second-order valence-corrected chi connectivity index (χ2v) is 6.20. The number of urea groups is 1. The zero-order chi connectivity index (χ0) is 17.1. The topological polar surface area (TPSA) is 61.4 Å². The van der Waals surface area contributed by atoms with Crippen LogP contribution in [0.5, 0.6) is 5.75 Å². The third-order valence-corrected chi connectivity index (χ3v) is 4.11. The number of anilines is 1. The van der Waals surface area contributed by atoms with Gasteiger partial charge in [0.05, 0.1) is 11.4 Å². The lowest BCUT2D eigenvalue weighted by Crippen LogP contribution is -2.28. The van der Waals surface area contributed by atoms with E-state index in [0.29, 0.717) is 27.9 Å². The number of halogens is 2. The predicted molar refractivity (Wildman–Crippen MR) is 98.3 cm³/mol. The summed E-state index contributed by atoms with van der Waals surface area (Å²) in [4.78, 5) is 12.3. The maximum Gasteiger partial charge on any atom is 0.323 e. The van der Waals surface area contributed by atoms with Crippen molar-refractivity contribution >= 4 is 45.7 Å². The molecular formula is C18H14Cl2N2O2. The number of carbonyl (C=O) groups excluding carboxylic acids is 1. The standard InChI is InChI=1S/C18H14Cl2N2O2/c19-12-4-2-6-17(15(20)10-12)22-18(24)21-16-5-1-3-11-9-13(23)7-8-14(11)16/h1-9,23H,10H2,(H2,21,22,24). The number of phenols is 1. The summed E-state index contributed by atoms with van der Waals surface area (Å²) >= 11 is 12.1. The van der Waals surface area contributed by atoms with Gasteiger partial charge in [-0.3, -0.25) is 0 Å². The molecule has 2 aromatic rings. The van der Waals surface area contributed by atoms with Crippen molar-refractivity contribution in [3.8, 4) is 5.75 Å². The lowest BCUT2D eigenvalue weighted by molar-refractivity contribution is 0.254. The van der Waals surface area contributed by atoms with Gasteiger partial charge in [0.15, 0.2) is 0 Å². The van der Waals surface area contributed by atoms with Crippen molar-refractivity contribution in [3.05, 3.63) is 70.4 Å². The quantitative estimate of drug-likeness (QED) is 0.689. The van der Waals surface area contributed by atoms with E-state index < -0.39 is 6.03 Å². The smallest absolute Gasteiger partial charge is 0.323 e. The molecule has 0 saturated carbocycles. The molecule has 0 atom stereocenters. The third kappa shape index (κ3) is 3.72. The molecule has 0 aliphatic heterocycles. The molecule has 122 valence electrons. The second-order valence-electron chi connectivity index (χ2n) is 5.26. The molecule has 1 aliphatic rings. The molecular weight excluding hydrogens is 347 g/mol. The molecule has 4 nitrogen and oxygen atoms in total. The van der Waals surface area contributed by atoms with Crippen LogP contribution < -0.4 is 10.6 Å². The number of amides is 2. The van der Waals surface area contributed by atoms with Gasteiger partial charge >= 0.3 is 6.03 Å². The number of phenolic OH excluding ortho intramolecular Hbond substituents is 1. The monoisotopic (exact) mass is 360 g/mol. The first kappa shape index (κ1) is 16.4. The average molecular weight is 361 g/mol. The molecule has 6 heteroatoms. The van der Waals surface area contributed by atoms with Gasteiger partial charge in [-0.2, -0.15) is 0 Å². The van der Waals surface area contributed by atoms with Crippen LogP contribution in [0.3, 0.4) is 0 Å². The Morgan fingerprint density at radius 3 is 2.79 bits per heavy atom. The van der Waals surface area contributed by atoms with Crippen molar-refractivity contribution in [1.29, 1.82) is 0 Å². The van der Waals surface area contributed by atoms with Gasteiger partial charge in [0.2, 0.25) is 0 Å². The minimum Gasteiger partial charge on any atom is -0.508 e. The molecule has 0 saturated heterocycles. The molecule has 2 aromatic carbocycles. The van der Waals surface area contributed by atoms with Gasteiger partial charge in [-0.15, -0.1) is 0 Å². The van der Waals surface area contributed by atoms with Crippen molar-refractivity contribution in [1.82, 2.24) is 5.32 Å². The second kappa shape index (κ2) is 6.99. The van der Waals surface area contributed by atoms with E-state index in [1.165, 1.54) is 0 Å². The summed E-state index contributed by atoms with van der Waals surface area (Å²) in [6.07, 6.45) is 5.53. The van der Waals surface area contributed by atoms with Crippen molar-refractivity contribution in [2.24, 2.45) is 0 Å². The highest BCUT2D eigenvalue weighted by atomic mass is 35.5. The fourth-order valence-corrected chi connectivity index (χ4v) is 2.94. The van der Waals surface area contributed by atoms with E-state index in [-0.39, 0.29) is 5.75 Å². The highest BCUT2D eigenvalue weighted by molar-refractivity contribution is 6.34. The van der Waals surface area contributed by atoms with Crippen LogP contribution in [0.1, 0.15) is 6.42 Å². The SMILES string of the molecule is O=C(NC1=C(Cl)CC(Cl)=CC=C1)Nc1cccc2cc(O)ccc12. The predicted octanol–water partition coefficient (Wildman–Crippen LogP) is 5.20. The number of allylic oxidation sites excluding steroid dienone is 5. The molecule has 0 spiro atoms. The van der Waals surface area contributed by atoms with Crippen molar-refractivity contribution in [2.45, 2.75) is 6.42 Å². The van der Waals surface area contributed by atoms with Crippen LogP contribution in [0.15, 0.2) is 70.4 Å². The Bertz CT molecular complexity index is 901. The first-order valence-corrected chi connectivity index (χ1v) is 7.99. The molecule has 2 amide bonds. The van der Waals surface area contributed by atoms with E-state index in [1.807, 2.05) is 6.07 Å². The van der Waals surface area contributed by atoms with Crippen LogP contribution in [0.2, 0.25) is 0 Å². The lowest BCUT2D eigenvalue weighted by Gasteiger charge is -2.12. The van der Waals surface area contributed by atoms with Gasteiger partial charge in [-0.1, -0.05) is 41.4 Å². The van der Waals surface area contributed by atoms with Crippen LogP contribution in [0, 0.1) is 0 Å². The zero-order valence-electron chi connectivity index (χ0n) is 12.5. The molecule has 0 aromatic heterocycles. The maximum atomic E-state index is 12.3. The number of hydrogen-bond acceptors (Lipinski definition) is 2. The molecule has 0 bridgehead atoms. The molecule has 24 heavy (non-hydrogen) atoms. The van der Waals surface area contributed by atoms with Gasteiger partial charge < -0.3 is 15.7 Å². The molecule has 0 radical (unpaired) electrons. The Morgan fingerprint density at radius 1 is 1.12 bits per heavy atom. The third-order valence-electron chi connectivity index (χ3n) is 3.52. The Balaban J connectivity index is 1.80.